The topological polar surface area (TPSA) is 98.1 Å². The zero-order chi connectivity index (χ0) is 22.4. The van der Waals surface area contributed by atoms with Crippen LogP contribution in [-0.4, -0.2) is 39.4 Å². The van der Waals surface area contributed by atoms with Crippen molar-refractivity contribution in [2.45, 2.75) is 18.6 Å². The first-order chi connectivity index (χ1) is 14.9. The van der Waals surface area contributed by atoms with Gasteiger partial charge in [0, 0.05) is 7.05 Å². The van der Waals surface area contributed by atoms with Crippen LogP contribution in [0.2, 0.25) is 5.02 Å². The Labute approximate surface area is 189 Å². The average molecular weight is 460 g/mol. The number of anilines is 1. The van der Waals surface area contributed by atoms with Gasteiger partial charge in [0.2, 0.25) is 5.91 Å². The maximum atomic E-state index is 12.4. The van der Waals surface area contributed by atoms with Crippen LogP contribution in [0, 0.1) is 6.92 Å². The van der Waals surface area contributed by atoms with E-state index in [4.69, 9.17) is 16.3 Å². The molecular formula is C21H22ClN5O3S. The number of hydrogen-bond donors (Lipinski definition) is 2. The number of nitrogens with one attached hydrogen (secondary N) is 2. The summed E-state index contributed by atoms with van der Waals surface area (Å²) in [6.45, 7) is 2.12. The summed E-state index contributed by atoms with van der Waals surface area (Å²) < 4.78 is 7.02. The quantitative estimate of drug-likeness (QED) is 0.501. The second-order valence-corrected chi connectivity index (χ2v) is 8.01. The maximum absolute atomic E-state index is 12.4. The number of methoxy groups -OCH3 is 1. The number of nitrogens with zero attached hydrogens (tertiary/aromatic N) is 3. The minimum atomic E-state index is -0.297. The predicted molar refractivity (Wildman–Crippen MR) is 121 cm³/mol. The van der Waals surface area contributed by atoms with E-state index in [-0.39, 0.29) is 24.1 Å². The summed E-state index contributed by atoms with van der Waals surface area (Å²) in [5.41, 5.74) is 2.03. The Hall–Kier alpha value is -3.04. The van der Waals surface area contributed by atoms with Gasteiger partial charge in [0.05, 0.1) is 35.7 Å². The van der Waals surface area contributed by atoms with Crippen LogP contribution in [0.25, 0.3) is 0 Å². The minimum Gasteiger partial charge on any atom is -0.495 e. The molecule has 3 rings (SSSR count). The number of aromatic nitrogens is 3. The molecule has 2 amide bonds. The molecule has 0 unspecified atom stereocenters. The molecule has 10 heteroatoms. The fraction of sp³-hybridized carbons (Fsp3) is 0.238. The van der Waals surface area contributed by atoms with E-state index in [1.807, 2.05) is 25.1 Å². The highest BCUT2D eigenvalue weighted by atomic mass is 35.5. The molecule has 0 fully saturated rings. The van der Waals surface area contributed by atoms with E-state index in [2.05, 4.69) is 20.8 Å². The molecule has 0 saturated carbocycles. The van der Waals surface area contributed by atoms with Crippen molar-refractivity contribution in [1.29, 1.82) is 0 Å². The molecule has 2 aromatic carbocycles. The molecule has 0 saturated heterocycles. The van der Waals surface area contributed by atoms with Gasteiger partial charge in [-0.1, -0.05) is 41.6 Å². The molecule has 0 aliphatic carbocycles. The Morgan fingerprint density at radius 1 is 1.19 bits per heavy atom. The molecule has 0 radical (unpaired) electrons. The van der Waals surface area contributed by atoms with Crippen molar-refractivity contribution in [3.8, 4) is 5.75 Å². The summed E-state index contributed by atoms with van der Waals surface area (Å²) in [4.78, 5) is 24.7. The summed E-state index contributed by atoms with van der Waals surface area (Å²) >= 11 is 7.30. The average Bonchev–Trinajstić information content (AvgIpc) is 3.10. The second-order valence-electron chi connectivity index (χ2n) is 6.66. The zero-order valence-corrected chi connectivity index (χ0v) is 18.9. The molecule has 2 N–H and O–H groups in total. The number of benzene rings is 2. The standard InChI is InChI=1S/C21H22ClN5O3S/c1-13-8-9-17(30-3)16(10-13)24-19(28)12-31-21-26-25-18(27(21)2)11-23-20(29)14-6-4-5-7-15(14)22/h4-10H,11-12H2,1-3H3,(H,23,29)(H,24,28). The van der Waals surface area contributed by atoms with Crippen LogP contribution in [0.1, 0.15) is 21.7 Å². The van der Waals surface area contributed by atoms with Crippen LogP contribution in [0.4, 0.5) is 5.69 Å². The van der Waals surface area contributed by atoms with E-state index >= 15 is 0 Å². The van der Waals surface area contributed by atoms with Crippen molar-refractivity contribution in [2.24, 2.45) is 7.05 Å². The van der Waals surface area contributed by atoms with E-state index in [1.165, 1.54) is 11.8 Å². The molecule has 0 aliphatic rings. The summed E-state index contributed by atoms with van der Waals surface area (Å²) in [7, 11) is 3.33. The lowest BCUT2D eigenvalue weighted by atomic mass is 10.2. The van der Waals surface area contributed by atoms with Crippen molar-refractivity contribution in [3.63, 3.8) is 0 Å². The number of amides is 2. The summed E-state index contributed by atoms with van der Waals surface area (Å²) in [6, 6.07) is 12.4. The van der Waals surface area contributed by atoms with Crippen LogP contribution >= 0.6 is 23.4 Å². The lowest BCUT2D eigenvalue weighted by Gasteiger charge is -2.11. The van der Waals surface area contributed by atoms with E-state index in [9.17, 15) is 9.59 Å². The number of hydrogen-bond acceptors (Lipinski definition) is 6. The fourth-order valence-electron chi connectivity index (χ4n) is 2.76. The Kier molecular flexibility index (Phi) is 7.54. The van der Waals surface area contributed by atoms with Crippen molar-refractivity contribution in [3.05, 3.63) is 64.4 Å². The zero-order valence-electron chi connectivity index (χ0n) is 17.3. The molecule has 31 heavy (non-hydrogen) atoms. The Balaban J connectivity index is 1.56. The highest BCUT2D eigenvalue weighted by Crippen LogP contribution is 2.26. The normalized spacial score (nSPS) is 10.6. The van der Waals surface area contributed by atoms with Gasteiger partial charge in [0.15, 0.2) is 11.0 Å². The third-order valence-corrected chi connectivity index (χ3v) is 5.76. The molecule has 0 atom stereocenters. The third kappa shape index (κ3) is 5.77. The van der Waals surface area contributed by atoms with Gasteiger partial charge in [-0.15, -0.1) is 10.2 Å². The molecule has 0 bridgehead atoms. The van der Waals surface area contributed by atoms with Crippen molar-refractivity contribution in [2.75, 3.05) is 18.2 Å². The van der Waals surface area contributed by atoms with Crippen molar-refractivity contribution >= 4 is 40.9 Å². The first-order valence-electron chi connectivity index (χ1n) is 9.37. The third-order valence-electron chi connectivity index (χ3n) is 4.41. The van der Waals surface area contributed by atoms with E-state index in [0.29, 0.717) is 33.0 Å². The number of thioether (sulfide) groups is 1. The van der Waals surface area contributed by atoms with Crippen LogP contribution in [-0.2, 0) is 18.4 Å². The molecular weight excluding hydrogens is 438 g/mol. The van der Waals surface area contributed by atoms with Crippen LogP contribution in [0.5, 0.6) is 5.75 Å². The van der Waals surface area contributed by atoms with Crippen molar-refractivity contribution in [1.82, 2.24) is 20.1 Å². The van der Waals surface area contributed by atoms with Crippen LogP contribution in [0.3, 0.4) is 0 Å². The number of halogens is 1. The van der Waals surface area contributed by atoms with Gasteiger partial charge in [-0.3, -0.25) is 9.59 Å². The minimum absolute atomic E-state index is 0.148. The van der Waals surface area contributed by atoms with Gasteiger partial charge < -0.3 is 19.9 Å². The number of carbonyl (C=O) groups excluding carboxylic acids is 2. The van der Waals surface area contributed by atoms with E-state index in [0.717, 1.165) is 5.56 Å². The molecule has 1 aromatic heterocycles. The fourth-order valence-corrected chi connectivity index (χ4v) is 3.71. The van der Waals surface area contributed by atoms with Gasteiger partial charge in [0.1, 0.15) is 5.75 Å². The monoisotopic (exact) mass is 459 g/mol. The molecule has 162 valence electrons. The Morgan fingerprint density at radius 3 is 2.71 bits per heavy atom. The predicted octanol–water partition coefficient (Wildman–Crippen LogP) is 3.45. The highest BCUT2D eigenvalue weighted by Gasteiger charge is 2.15. The second kappa shape index (κ2) is 10.3. The Bertz CT molecular complexity index is 1100. The number of ether oxygens (including phenoxy) is 1. The van der Waals surface area contributed by atoms with Gasteiger partial charge in [0.25, 0.3) is 5.91 Å². The van der Waals surface area contributed by atoms with Gasteiger partial charge >= 0.3 is 0 Å². The number of aryl methyl sites for hydroxylation is 1. The highest BCUT2D eigenvalue weighted by molar-refractivity contribution is 7.99. The smallest absolute Gasteiger partial charge is 0.253 e. The summed E-state index contributed by atoms with van der Waals surface area (Å²) in [5.74, 6) is 0.817. The molecule has 8 nitrogen and oxygen atoms in total. The van der Waals surface area contributed by atoms with E-state index in [1.54, 1.807) is 43.0 Å². The molecule has 1 heterocycles. The lowest BCUT2D eigenvalue weighted by Crippen LogP contribution is -2.24. The lowest BCUT2D eigenvalue weighted by molar-refractivity contribution is -0.113. The summed E-state index contributed by atoms with van der Waals surface area (Å²) in [5, 5.41) is 14.8. The van der Waals surface area contributed by atoms with Gasteiger partial charge in [-0.2, -0.15) is 0 Å². The number of carbonyl (C=O) groups is 2. The maximum Gasteiger partial charge on any atom is 0.253 e. The molecule has 3 aromatic rings. The molecule has 0 aliphatic heterocycles. The van der Waals surface area contributed by atoms with E-state index < -0.39 is 0 Å². The SMILES string of the molecule is COc1ccc(C)cc1NC(=O)CSc1nnc(CNC(=O)c2ccccc2Cl)n1C. The summed E-state index contributed by atoms with van der Waals surface area (Å²) in [6.07, 6.45) is 0. The van der Waals surface area contributed by atoms with Gasteiger partial charge in [-0.05, 0) is 36.8 Å². The Morgan fingerprint density at radius 2 is 1.97 bits per heavy atom. The largest absolute Gasteiger partial charge is 0.495 e. The first kappa shape index (κ1) is 22.6. The molecule has 0 spiro atoms. The first-order valence-corrected chi connectivity index (χ1v) is 10.7. The van der Waals surface area contributed by atoms with Crippen molar-refractivity contribution < 1.29 is 14.3 Å². The van der Waals surface area contributed by atoms with Gasteiger partial charge in [-0.25, -0.2) is 0 Å². The van der Waals surface area contributed by atoms with Crippen LogP contribution in [0.15, 0.2) is 47.6 Å². The number of rotatable bonds is 8. The van der Waals surface area contributed by atoms with Crippen LogP contribution < -0.4 is 15.4 Å².